The van der Waals surface area contributed by atoms with E-state index in [1.807, 2.05) is 6.92 Å². The summed E-state index contributed by atoms with van der Waals surface area (Å²) in [6.45, 7) is 4.19. The first-order chi connectivity index (χ1) is 11.2. The maximum Gasteiger partial charge on any atom is 0.309 e. The van der Waals surface area contributed by atoms with E-state index in [9.17, 15) is 20.1 Å². The summed E-state index contributed by atoms with van der Waals surface area (Å²) in [4.78, 5) is 12.1. The summed E-state index contributed by atoms with van der Waals surface area (Å²) in [5, 5.41) is 30.6. The number of rotatable bonds is 2. The van der Waals surface area contributed by atoms with Gasteiger partial charge in [-0.1, -0.05) is 13.3 Å². The van der Waals surface area contributed by atoms with Gasteiger partial charge < -0.3 is 15.3 Å². The molecule has 7 atom stereocenters. The minimum Gasteiger partial charge on any atom is -0.481 e. The fourth-order valence-corrected chi connectivity index (χ4v) is 8.06. The van der Waals surface area contributed by atoms with Crippen LogP contribution < -0.4 is 0 Å². The Hall–Kier alpha value is -0.610. The summed E-state index contributed by atoms with van der Waals surface area (Å²) in [7, 11) is 0. The number of carboxylic acids is 1. The summed E-state index contributed by atoms with van der Waals surface area (Å²) in [6, 6.07) is 0. The first kappa shape index (κ1) is 16.8. The van der Waals surface area contributed by atoms with Crippen molar-refractivity contribution in [2.45, 2.75) is 77.2 Å². The highest BCUT2D eigenvalue weighted by Gasteiger charge is 2.68. The Labute approximate surface area is 144 Å². The van der Waals surface area contributed by atoms with Gasteiger partial charge in [0.15, 0.2) is 0 Å². The summed E-state index contributed by atoms with van der Waals surface area (Å²) in [5.41, 5.74) is -1.31. The molecule has 1 spiro atoms. The molecule has 0 amide bonds. The molecule has 0 heterocycles. The van der Waals surface area contributed by atoms with E-state index in [2.05, 4.69) is 6.92 Å². The molecule has 0 aromatic heterocycles. The van der Waals surface area contributed by atoms with Crippen molar-refractivity contribution < 1.29 is 20.1 Å². The Bertz CT molecular complexity index is 562. The van der Waals surface area contributed by atoms with Crippen LogP contribution in [-0.4, -0.2) is 33.5 Å². The van der Waals surface area contributed by atoms with E-state index in [1.54, 1.807) is 0 Å². The van der Waals surface area contributed by atoms with Crippen molar-refractivity contribution in [2.75, 3.05) is 6.61 Å². The normalized spacial score (nSPS) is 56.4. The maximum atomic E-state index is 12.1. The molecule has 4 saturated carbocycles. The van der Waals surface area contributed by atoms with Crippen LogP contribution in [0.25, 0.3) is 0 Å². The van der Waals surface area contributed by atoms with Gasteiger partial charge in [-0.15, -0.1) is 0 Å². The van der Waals surface area contributed by atoms with Crippen LogP contribution in [0.2, 0.25) is 0 Å². The zero-order valence-electron chi connectivity index (χ0n) is 15.1. The first-order valence-corrected chi connectivity index (χ1v) is 9.77. The molecule has 0 unspecified atom stereocenters. The lowest BCUT2D eigenvalue weighted by molar-refractivity contribution is -0.181. The van der Waals surface area contributed by atoms with Crippen molar-refractivity contribution in [2.24, 2.45) is 34.0 Å². The summed E-state index contributed by atoms with van der Waals surface area (Å²) < 4.78 is 0. The van der Waals surface area contributed by atoms with E-state index >= 15 is 0 Å². The van der Waals surface area contributed by atoms with Crippen LogP contribution in [0.4, 0.5) is 0 Å². The summed E-state index contributed by atoms with van der Waals surface area (Å²) >= 11 is 0. The Kier molecular flexibility index (Phi) is 3.49. The van der Waals surface area contributed by atoms with Crippen LogP contribution in [0.3, 0.4) is 0 Å². The van der Waals surface area contributed by atoms with E-state index in [0.29, 0.717) is 5.92 Å². The molecule has 4 rings (SSSR count). The SMILES string of the molecule is C[C@]12CCC[C@](C)(C(=O)O)[C@@H]1CC[C@]13C[C@H](CC[C@@H]12)[C@](O)(CO)C3. The van der Waals surface area contributed by atoms with Crippen molar-refractivity contribution in [3.05, 3.63) is 0 Å². The second-order valence-electron chi connectivity index (χ2n) is 10.0. The fraction of sp³-hybridized carbons (Fsp3) is 0.950. The van der Waals surface area contributed by atoms with Crippen molar-refractivity contribution in [3.8, 4) is 0 Å². The van der Waals surface area contributed by atoms with Gasteiger partial charge in [0, 0.05) is 0 Å². The summed E-state index contributed by atoms with van der Waals surface area (Å²) in [6.07, 6.45) is 8.73. The van der Waals surface area contributed by atoms with Gasteiger partial charge in [0.2, 0.25) is 0 Å². The molecule has 0 aromatic carbocycles. The highest BCUT2D eigenvalue weighted by Crippen LogP contribution is 2.72. The van der Waals surface area contributed by atoms with E-state index in [1.165, 1.54) is 0 Å². The molecular weight excluding hydrogens is 304 g/mol. The van der Waals surface area contributed by atoms with Gasteiger partial charge in [0.05, 0.1) is 17.6 Å². The fourth-order valence-electron chi connectivity index (χ4n) is 8.06. The van der Waals surface area contributed by atoms with E-state index in [4.69, 9.17) is 0 Å². The van der Waals surface area contributed by atoms with Crippen LogP contribution in [0.5, 0.6) is 0 Å². The smallest absolute Gasteiger partial charge is 0.309 e. The molecule has 4 aliphatic rings. The maximum absolute atomic E-state index is 12.1. The molecule has 24 heavy (non-hydrogen) atoms. The van der Waals surface area contributed by atoms with Gasteiger partial charge in [-0.3, -0.25) is 4.79 Å². The van der Waals surface area contributed by atoms with Gasteiger partial charge in [-0.25, -0.2) is 0 Å². The van der Waals surface area contributed by atoms with E-state index in [0.717, 1.165) is 57.8 Å². The van der Waals surface area contributed by atoms with Crippen LogP contribution in [0.15, 0.2) is 0 Å². The number of fused-ring (bicyclic) bond motifs is 3. The number of aliphatic hydroxyl groups excluding tert-OH is 1. The van der Waals surface area contributed by atoms with Gasteiger partial charge in [0.1, 0.15) is 0 Å². The van der Waals surface area contributed by atoms with Crippen molar-refractivity contribution in [1.29, 1.82) is 0 Å². The summed E-state index contributed by atoms with van der Waals surface area (Å²) in [5.74, 6) is 0.348. The Balaban J connectivity index is 1.73. The second-order valence-corrected chi connectivity index (χ2v) is 10.0. The monoisotopic (exact) mass is 336 g/mol. The predicted octanol–water partition coefficient (Wildman–Crippen LogP) is 3.21. The van der Waals surface area contributed by atoms with Crippen LogP contribution in [0, 0.1) is 34.0 Å². The third-order valence-corrected chi connectivity index (χ3v) is 9.08. The van der Waals surface area contributed by atoms with Gasteiger partial charge in [-0.2, -0.15) is 0 Å². The van der Waals surface area contributed by atoms with Crippen molar-refractivity contribution in [3.63, 3.8) is 0 Å². The molecule has 4 nitrogen and oxygen atoms in total. The number of aliphatic hydroxyl groups is 2. The lowest BCUT2D eigenvalue weighted by atomic mass is 9.41. The van der Waals surface area contributed by atoms with E-state index < -0.39 is 17.0 Å². The number of hydrogen-bond donors (Lipinski definition) is 3. The molecule has 4 fully saturated rings. The minimum atomic E-state index is -0.900. The molecule has 0 aliphatic heterocycles. The quantitative estimate of drug-likeness (QED) is 0.723. The van der Waals surface area contributed by atoms with Crippen LogP contribution in [0.1, 0.15) is 71.6 Å². The van der Waals surface area contributed by atoms with Crippen LogP contribution in [-0.2, 0) is 4.79 Å². The highest BCUT2D eigenvalue weighted by molar-refractivity contribution is 5.75. The lowest BCUT2D eigenvalue weighted by Gasteiger charge is -2.63. The third-order valence-electron chi connectivity index (χ3n) is 9.08. The Morgan fingerprint density at radius 1 is 1.08 bits per heavy atom. The van der Waals surface area contributed by atoms with E-state index in [-0.39, 0.29) is 29.3 Å². The third kappa shape index (κ3) is 1.90. The Morgan fingerprint density at radius 2 is 1.83 bits per heavy atom. The topological polar surface area (TPSA) is 77.8 Å². The molecule has 0 radical (unpaired) electrons. The number of aliphatic carboxylic acids is 1. The molecule has 2 bridgehead atoms. The average molecular weight is 336 g/mol. The first-order valence-electron chi connectivity index (χ1n) is 9.77. The largest absolute Gasteiger partial charge is 0.481 e. The van der Waals surface area contributed by atoms with Gasteiger partial charge in [-0.05, 0) is 86.9 Å². The number of hydrogen-bond acceptors (Lipinski definition) is 3. The molecule has 0 aromatic rings. The highest BCUT2D eigenvalue weighted by atomic mass is 16.4. The standard InChI is InChI=1S/C20H32O4/c1-17-7-3-8-18(2,16(22)23)14(17)6-9-19-10-13(4-5-15(17)19)20(24,11-19)12-21/h13-15,21,24H,3-12H2,1-2H3,(H,22,23)/t13-,14+,15+,17-,18-,19+,20+/m0/s1. The zero-order chi connectivity index (χ0) is 17.4. The van der Waals surface area contributed by atoms with Crippen molar-refractivity contribution >= 4 is 5.97 Å². The van der Waals surface area contributed by atoms with Gasteiger partial charge in [0.25, 0.3) is 0 Å². The molecule has 4 aliphatic carbocycles. The van der Waals surface area contributed by atoms with Crippen molar-refractivity contribution in [1.82, 2.24) is 0 Å². The predicted molar refractivity (Wildman–Crippen MR) is 90.3 cm³/mol. The Morgan fingerprint density at radius 3 is 2.50 bits per heavy atom. The lowest BCUT2D eigenvalue weighted by Crippen LogP contribution is -2.58. The molecule has 0 saturated heterocycles. The molecule has 136 valence electrons. The second kappa shape index (κ2) is 4.97. The molecule has 4 heteroatoms. The number of carboxylic acid groups (broad SMARTS) is 1. The van der Waals surface area contributed by atoms with Gasteiger partial charge >= 0.3 is 5.97 Å². The van der Waals surface area contributed by atoms with Crippen LogP contribution >= 0.6 is 0 Å². The number of carbonyl (C=O) groups is 1. The zero-order valence-corrected chi connectivity index (χ0v) is 15.1. The molecular formula is C20H32O4. The molecule has 3 N–H and O–H groups in total. The minimum absolute atomic E-state index is 0.0648. The average Bonchev–Trinajstić information content (AvgIpc) is 2.73.